The van der Waals surface area contributed by atoms with Crippen molar-refractivity contribution in [3.05, 3.63) is 22.8 Å². The minimum Gasteiger partial charge on any atom is -0.478 e. The fourth-order valence-electron chi connectivity index (χ4n) is 1.32. The van der Waals surface area contributed by atoms with Crippen molar-refractivity contribution in [2.24, 2.45) is 0 Å². The fourth-order valence-corrected chi connectivity index (χ4v) is 1.96. The van der Waals surface area contributed by atoms with Crippen molar-refractivity contribution in [3.8, 4) is 0 Å². The Balaban J connectivity index is 2.56. The number of carbonyl (C=O) groups is 1. The number of nitrogens with zero attached hydrogens (tertiary/aromatic N) is 1. The number of aromatic nitrogens is 1. The summed E-state index contributed by atoms with van der Waals surface area (Å²) in [5.41, 5.74) is 0.152. The van der Waals surface area contributed by atoms with Crippen LogP contribution in [0.5, 0.6) is 0 Å². The molecule has 0 radical (unpaired) electrons. The lowest BCUT2D eigenvalue weighted by Crippen LogP contribution is -2.09. The van der Waals surface area contributed by atoms with Crippen molar-refractivity contribution < 1.29 is 9.90 Å². The second-order valence-electron chi connectivity index (χ2n) is 3.46. The summed E-state index contributed by atoms with van der Waals surface area (Å²) in [6.45, 7) is 0.703. The van der Waals surface area contributed by atoms with Gasteiger partial charge in [0.15, 0.2) is 0 Å². The number of carboxylic acids is 1. The number of aromatic carboxylic acids is 1. The van der Waals surface area contributed by atoms with Gasteiger partial charge in [0.05, 0.1) is 0 Å². The second kappa shape index (κ2) is 7.40. The van der Waals surface area contributed by atoms with E-state index in [-0.39, 0.29) is 5.56 Å². The highest BCUT2D eigenvalue weighted by Crippen LogP contribution is 2.16. The van der Waals surface area contributed by atoms with Gasteiger partial charge in [0.2, 0.25) is 0 Å². The van der Waals surface area contributed by atoms with Crippen molar-refractivity contribution in [1.82, 2.24) is 4.98 Å². The van der Waals surface area contributed by atoms with Crippen molar-refractivity contribution in [1.29, 1.82) is 0 Å². The van der Waals surface area contributed by atoms with Crippen molar-refractivity contribution in [2.75, 3.05) is 23.9 Å². The van der Waals surface area contributed by atoms with Crippen LogP contribution in [0.4, 0.5) is 5.82 Å². The zero-order valence-corrected chi connectivity index (χ0v) is 11.1. The van der Waals surface area contributed by atoms with E-state index in [1.165, 1.54) is 12.1 Å². The molecule has 0 saturated carbocycles. The van der Waals surface area contributed by atoms with Crippen LogP contribution in [0.15, 0.2) is 12.1 Å². The summed E-state index contributed by atoms with van der Waals surface area (Å²) in [5.74, 6) is 0.450. The lowest BCUT2D eigenvalue weighted by molar-refractivity contribution is 0.0697. The van der Waals surface area contributed by atoms with E-state index in [1.54, 1.807) is 11.8 Å². The molecule has 0 saturated heterocycles. The van der Waals surface area contributed by atoms with Gasteiger partial charge >= 0.3 is 5.97 Å². The van der Waals surface area contributed by atoms with Gasteiger partial charge in [-0.3, -0.25) is 0 Å². The molecular weight excluding hydrogens is 260 g/mol. The highest BCUT2D eigenvalue weighted by molar-refractivity contribution is 7.98. The predicted octanol–water partition coefficient (Wildman–Crippen LogP) is 2.99. The van der Waals surface area contributed by atoms with E-state index in [9.17, 15) is 4.79 Å². The van der Waals surface area contributed by atoms with Crippen LogP contribution in [-0.2, 0) is 0 Å². The van der Waals surface area contributed by atoms with Crippen LogP contribution in [0.25, 0.3) is 0 Å². The average Bonchev–Trinajstić information content (AvgIpc) is 2.28. The Morgan fingerprint density at radius 3 is 2.94 bits per heavy atom. The summed E-state index contributed by atoms with van der Waals surface area (Å²) in [4.78, 5) is 14.9. The Morgan fingerprint density at radius 1 is 1.53 bits per heavy atom. The third kappa shape index (κ3) is 4.83. The topological polar surface area (TPSA) is 62.2 Å². The van der Waals surface area contributed by atoms with Gasteiger partial charge in [-0.25, -0.2) is 9.78 Å². The predicted molar refractivity (Wildman–Crippen MR) is 72.3 cm³/mol. The number of carboxylic acid groups (broad SMARTS) is 1. The molecule has 4 nitrogen and oxygen atoms in total. The molecule has 0 aromatic carbocycles. The average molecular weight is 275 g/mol. The number of rotatable bonds is 7. The first-order chi connectivity index (χ1) is 8.15. The van der Waals surface area contributed by atoms with Crippen molar-refractivity contribution >= 4 is 35.1 Å². The molecule has 6 heteroatoms. The molecule has 2 N–H and O–H groups in total. The van der Waals surface area contributed by atoms with Crippen LogP contribution in [0.2, 0.25) is 5.15 Å². The molecule has 0 spiro atoms. The van der Waals surface area contributed by atoms with E-state index in [0.29, 0.717) is 17.5 Å². The summed E-state index contributed by atoms with van der Waals surface area (Å²) >= 11 is 7.54. The number of pyridine rings is 1. The molecule has 0 aliphatic carbocycles. The highest BCUT2D eigenvalue weighted by atomic mass is 35.5. The minimum absolute atomic E-state index is 0.152. The van der Waals surface area contributed by atoms with Crippen LogP contribution in [0.3, 0.4) is 0 Å². The molecule has 1 heterocycles. The number of unbranched alkanes of at least 4 members (excludes halogenated alkanes) is 1. The summed E-state index contributed by atoms with van der Waals surface area (Å²) in [5, 5.41) is 12.3. The van der Waals surface area contributed by atoms with Gasteiger partial charge < -0.3 is 10.4 Å². The Hall–Kier alpha value is -0.940. The Bertz CT molecular complexity index is 388. The minimum atomic E-state index is -0.999. The highest BCUT2D eigenvalue weighted by Gasteiger charge is 2.11. The van der Waals surface area contributed by atoms with Crippen LogP contribution in [0.1, 0.15) is 23.2 Å². The van der Waals surface area contributed by atoms with Crippen LogP contribution >= 0.6 is 23.4 Å². The van der Waals surface area contributed by atoms with Crippen molar-refractivity contribution in [2.45, 2.75) is 12.8 Å². The molecule has 94 valence electrons. The van der Waals surface area contributed by atoms with E-state index in [2.05, 4.69) is 16.6 Å². The third-order valence-electron chi connectivity index (χ3n) is 2.16. The second-order valence-corrected chi connectivity index (χ2v) is 4.83. The molecule has 0 fully saturated rings. The molecule has 1 rings (SSSR count). The molecular formula is C11H15ClN2O2S. The maximum atomic E-state index is 10.9. The zero-order chi connectivity index (χ0) is 12.7. The van der Waals surface area contributed by atoms with Gasteiger partial charge in [0.1, 0.15) is 16.5 Å². The first-order valence-corrected chi connectivity index (χ1v) is 7.05. The quantitative estimate of drug-likeness (QED) is 0.591. The number of hydrogen-bond donors (Lipinski definition) is 2. The van der Waals surface area contributed by atoms with Gasteiger partial charge in [0.25, 0.3) is 0 Å². The monoisotopic (exact) mass is 274 g/mol. The van der Waals surface area contributed by atoms with E-state index in [1.807, 2.05) is 0 Å². The summed E-state index contributed by atoms with van der Waals surface area (Å²) in [6.07, 6.45) is 4.14. The van der Waals surface area contributed by atoms with Gasteiger partial charge in [-0.15, -0.1) is 0 Å². The normalized spacial score (nSPS) is 10.2. The van der Waals surface area contributed by atoms with Gasteiger partial charge in [0, 0.05) is 6.54 Å². The lowest BCUT2D eigenvalue weighted by Gasteiger charge is -2.08. The first-order valence-electron chi connectivity index (χ1n) is 5.28. The Kier molecular flexibility index (Phi) is 6.15. The van der Waals surface area contributed by atoms with E-state index >= 15 is 0 Å². The summed E-state index contributed by atoms with van der Waals surface area (Å²) in [7, 11) is 0. The van der Waals surface area contributed by atoms with E-state index in [4.69, 9.17) is 16.7 Å². The van der Waals surface area contributed by atoms with E-state index in [0.717, 1.165) is 18.6 Å². The lowest BCUT2D eigenvalue weighted by atomic mass is 10.2. The first kappa shape index (κ1) is 14.1. The molecule has 0 aliphatic rings. The molecule has 1 aromatic rings. The standard InChI is InChI=1S/C11H15ClN2O2S/c1-17-7-3-2-6-13-10-8(11(15)16)4-5-9(12)14-10/h4-5H,2-3,6-7H2,1H3,(H,13,14)(H,15,16). The molecule has 0 unspecified atom stereocenters. The van der Waals surface area contributed by atoms with Crippen molar-refractivity contribution in [3.63, 3.8) is 0 Å². The molecule has 0 aliphatic heterocycles. The molecule has 0 amide bonds. The number of anilines is 1. The zero-order valence-electron chi connectivity index (χ0n) is 9.57. The Morgan fingerprint density at radius 2 is 2.29 bits per heavy atom. The van der Waals surface area contributed by atoms with Gasteiger partial charge in [-0.05, 0) is 37.0 Å². The van der Waals surface area contributed by atoms with Crippen LogP contribution in [0, 0.1) is 0 Å². The maximum Gasteiger partial charge on any atom is 0.339 e. The number of nitrogens with one attached hydrogen (secondary N) is 1. The fraction of sp³-hybridized carbons (Fsp3) is 0.455. The van der Waals surface area contributed by atoms with Gasteiger partial charge in [-0.1, -0.05) is 11.6 Å². The summed E-state index contributed by atoms with van der Waals surface area (Å²) < 4.78 is 0. The van der Waals surface area contributed by atoms with Crippen LogP contribution < -0.4 is 5.32 Å². The number of hydrogen-bond acceptors (Lipinski definition) is 4. The molecule has 17 heavy (non-hydrogen) atoms. The largest absolute Gasteiger partial charge is 0.478 e. The molecule has 1 aromatic heterocycles. The number of halogens is 1. The molecule has 0 atom stereocenters. The smallest absolute Gasteiger partial charge is 0.339 e. The summed E-state index contributed by atoms with van der Waals surface area (Å²) in [6, 6.07) is 2.94. The molecule has 0 bridgehead atoms. The van der Waals surface area contributed by atoms with Gasteiger partial charge in [-0.2, -0.15) is 11.8 Å². The third-order valence-corrected chi connectivity index (χ3v) is 3.07. The number of thioether (sulfide) groups is 1. The van der Waals surface area contributed by atoms with Crippen LogP contribution in [-0.4, -0.2) is 34.6 Å². The van der Waals surface area contributed by atoms with E-state index < -0.39 is 5.97 Å². The SMILES string of the molecule is CSCCCCNc1nc(Cl)ccc1C(=O)O. The maximum absolute atomic E-state index is 10.9. The Labute approximate surface area is 110 Å².